The van der Waals surface area contributed by atoms with Crippen LogP contribution in [0.3, 0.4) is 0 Å². The van der Waals surface area contributed by atoms with Crippen LogP contribution in [0, 0.1) is 17.2 Å². The summed E-state index contributed by atoms with van der Waals surface area (Å²) < 4.78 is 5.23. The summed E-state index contributed by atoms with van der Waals surface area (Å²) in [6.45, 7) is 0.281. The maximum absolute atomic E-state index is 13.7. The number of benzene rings is 2. The van der Waals surface area contributed by atoms with Crippen LogP contribution in [0.5, 0.6) is 5.75 Å². The molecule has 1 aliphatic carbocycles. The molecule has 2 N–H and O–H groups in total. The summed E-state index contributed by atoms with van der Waals surface area (Å²) in [6, 6.07) is 18.7. The van der Waals surface area contributed by atoms with Crippen LogP contribution < -0.4 is 9.64 Å². The topological polar surface area (TPSA) is 124 Å². The zero-order chi connectivity index (χ0) is 27.1. The average Bonchev–Trinajstić information content (AvgIpc) is 2.95. The number of carbonyl (C=O) groups excluding carboxylic acids is 1. The molecule has 0 atom stereocenters. The maximum atomic E-state index is 13.7. The van der Waals surface area contributed by atoms with Crippen LogP contribution in [0.2, 0.25) is 0 Å². The van der Waals surface area contributed by atoms with Gasteiger partial charge in [-0.15, -0.1) is 0 Å². The summed E-state index contributed by atoms with van der Waals surface area (Å²) in [5.41, 5.74) is 3.76. The number of carbonyl (C=O) groups is 2. The number of anilines is 1. The second kappa shape index (κ2) is 12.2. The smallest absolute Gasteiger partial charge is 0.328 e. The van der Waals surface area contributed by atoms with Crippen molar-refractivity contribution in [1.82, 2.24) is 4.98 Å². The highest BCUT2D eigenvalue weighted by Crippen LogP contribution is 2.30. The van der Waals surface area contributed by atoms with Gasteiger partial charge in [0.2, 0.25) is 5.91 Å². The highest BCUT2D eigenvalue weighted by atomic mass is 16.5. The lowest BCUT2D eigenvalue weighted by molar-refractivity contribution is -0.131. The van der Waals surface area contributed by atoms with Gasteiger partial charge in [0.25, 0.3) is 0 Å². The molecule has 1 saturated carbocycles. The Morgan fingerprint density at radius 1 is 1.08 bits per heavy atom. The number of hydrogen-bond acceptors (Lipinski definition) is 6. The molecule has 1 aromatic heterocycles. The van der Waals surface area contributed by atoms with Crippen LogP contribution in [-0.2, 0) is 16.1 Å². The number of hydrogen-bond donors (Lipinski definition) is 2. The van der Waals surface area contributed by atoms with E-state index in [2.05, 4.69) is 11.1 Å². The van der Waals surface area contributed by atoms with Crippen LogP contribution in [-0.4, -0.2) is 40.3 Å². The van der Waals surface area contributed by atoms with Crippen molar-refractivity contribution in [3.05, 3.63) is 83.6 Å². The van der Waals surface area contributed by atoms with Gasteiger partial charge in [-0.2, -0.15) is 5.26 Å². The highest BCUT2D eigenvalue weighted by Gasteiger charge is 2.30. The molecule has 0 unspecified atom stereocenters. The van der Waals surface area contributed by atoms with Gasteiger partial charge in [0.15, 0.2) is 0 Å². The lowest BCUT2D eigenvalue weighted by Crippen LogP contribution is -2.38. The minimum Gasteiger partial charge on any atom is -0.495 e. The number of ether oxygens (including phenoxy) is 1. The largest absolute Gasteiger partial charge is 0.495 e. The summed E-state index contributed by atoms with van der Waals surface area (Å²) >= 11 is 0. The lowest BCUT2D eigenvalue weighted by Gasteiger charge is -2.30. The molecule has 194 valence electrons. The number of aliphatic hydroxyl groups is 1. The van der Waals surface area contributed by atoms with Gasteiger partial charge in [0, 0.05) is 18.2 Å². The van der Waals surface area contributed by atoms with E-state index in [9.17, 15) is 20.0 Å². The first kappa shape index (κ1) is 26.6. The predicted octanol–water partition coefficient (Wildman–Crippen LogP) is 4.81. The van der Waals surface area contributed by atoms with Gasteiger partial charge in [-0.3, -0.25) is 9.69 Å². The number of carboxylic acids is 1. The van der Waals surface area contributed by atoms with E-state index in [4.69, 9.17) is 9.84 Å². The Balaban J connectivity index is 1.61. The molecular formula is C30H29N3O5. The molecule has 38 heavy (non-hydrogen) atoms. The SMILES string of the molecule is COc1ccc(-c2ccc(CN(C(=O)C3CCC(O)CC3)c3cc(/C=C/C(=O)O)ccn3)cc2)cc1C#N. The van der Waals surface area contributed by atoms with Crippen molar-refractivity contribution in [2.24, 2.45) is 5.92 Å². The summed E-state index contributed by atoms with van der Waals surface area (Å²) in [5.74, 6) is -0.393. The Morgan fingerprint density at radius 3 is 2.45 bits per heavy atom. The minimum atomic E-state index is -1.06. The van der Waals surface area contributed by atoms with Gasteiger partial charge in [-0.1, -0.05) is 30.3 Å². The van der Waals surface area contributed by atoms with Gasteiger partial charge in [-0.25, -0.2) is 9.78 Å². The first-order valence-electron chi connectivity index (χ1n) is 12.4. The molecule has 2 aromatic carbocycles. The summed E-state index contributed by atoms with van der Waals surface area (Å²) in [4.78, 5) is 30.7. The lowest BCUT2D eigenvalue weighted by atomic mass is 9.86. The molecule has 0 spiro atoms. The number of aliphatic carboxylic acids is 1. The van der Waals surface area contributed by atoms with E-state index in [0.717, 1.165) is 22.8 Å². The van der Waals surface area contributed by atoms with Crippen molar-refractivity contribution in [1.29, 1.82) is 5.26 Å². The van der Waals surface area contributed by atoms with E-state index in [-0.39, 0.29) is 24.5 Å². The monoisotopic (exact) mass is 511 g/mol. The molecule has 1 amide bonds. The molecule has 3 aromatic rings. The zero-order valence-corrected chi connectivity index (χ0v) is 21.1. The summed E-state index contributed by atoms with van der Waals surface area (Å²) in [6.07, 6.45) is 6.07. The Bertz CT molecular complexity index is 1370. The van der Waals surface area contributed by atoms with Crippen LogP contribution >= 0.6 is 0 Å². The number of aromatic nitrogens is 1. The quantitative estimate of drug-likeness (QED) is 0.416. The van der Waals surface area contributed by atoms with Crippen LogP contribution in [0.1, 0.15) is 42.4 Å². The number of nitriles is 1. The van der Waals surface area contributed by atoms with Crippen molar-refractivity contribution in [3.63, 3.8) is 0 Å². The Morgan fingerprint density at radius 2 is 1.79 bits per heavy atom. The molecule has 1 fully saturated rings. The van der Waals surface area contributed by atoms with E-state index in [1.54, 1.807) is 35.4 Å². The molecule has 1 heterocycles. The number of methoxy groups -OCH3 is 1. The van der Waals surface area contributed by atoms with Crippen LogP contribution in [0.15, 0.2) is 66.9 Å². The highest BCUT2D eigenvalue weighted by molar-refractivity contribution is 5.94. The van der Waals surface area contributed by atoms with E-state index in [0.29, 0.717) is 48.4 Å². The number of pyridine rings is 1. The predicted molar refractivity (Wildman–Crippen MR) is 143 cm³/mol. The second-order valence-corrected chi connectivity index (χ2v) is 9.27. The number of rotatable bonds is 8. The third-order valence-corrected chi connectivity index (χ3v) is 6.72. The van der Waals surface area contributed by atoms with Crippen molar-refractivity contribution >= 4 is 23.8 Å². The average molecular weight is 512 g/mol. The molecule has 0 radical (unpaired) electrons. The molecular weight excluding hydrogens is 482 g/mol. The summed E-state index contributed by atoms with van der Waals surface area (Å²) in [7, 11) is 1.53. The van der Waals surface area contributed by atoms with E-state index < -0.39 is 5.97 Å². The number of aliphatic hydroxyl groups excluding tert-OH is 1. The first-order valence-corrected chi connectivity index (χ1v) is 12.4. The van der Waals surface area contributed by atoms with Gasteiger partial charge in [0.1, 0.15) is 17.6 Å². The standard InChI is InChI=1S/C30H29N3O5/c1-38-27-12-9-24(17-25(27)18-31)22-5-2-21(3-6-22)19-33(30(37)23-7-10-26(34)11-8-23)28-16-20(14-15-32-28)4-13-29(35)36/h2-6,9,12-17,23,26,34H,7-8,10-11,19H2,1H3,(H,35,36)/b13-4+. The number of nitrogens with zero attached hydrogens (tertiary/aromatic N) is 3. The second-order valence-electron chi connectivity index (χ2n) is 9.27. The number of amides is 1. The van der Waals surface area contributed by atoms with Crippen molar-refractivity contribution in [2.45, 2.75) is 38.3 Å². The van der Waals surface area contributed by atoms with Gasteiger partial charge in [-0.05, 0) is 78.3 Å². The maximum Gasteiger partial charge on any atom is 0.328 e. The van der Waals surface area contributed by atoms with E-state index in [1.807, 2.05) is 30.3 Å². The molecule has 4 rings (SSSR count). The number of carboxylic acid groups (broad SMARTS) is 1. The molecule has 0 saturated heterocycles. The normalized spacial score (nSPS) is 17.1. The Labute approximate surface area is 221 Å². The van der Waals surface area contributed by atoms with Crippen molar-refractivity contribution < 1.29 is 24.5 Å². The van der Waals surface area contributed by atoms with Crippen LogP contribution in [0.4, 0.5) is 5.82 Å². The fourth-order valence-corrected chi connectivity index (χ4v) is 4.63. The summed E-state index contributed by atoms with van der Waals surface area (Å²) in [5, 5.41) is 28.3. The third kappa shape index (κ3) is 6.44. The van der Waals surface area contributed by atoms with Gasteiger partial charge < -0.3 is 14.9 Å². The van der Waals surface area contributed by atoms with Gasteiger partial charge >= 0.3 is 5.97 Å². The molecule has 8 heteroatoms. The Hall–Kier alpha value is -4.48. The fraction of sp³-hybridized carbons (Fsp3) is 0.267. The van der Waals surface area contributed by atoms with Crippen molar-refractivity contribution in [3.8, 4) is 22.9 Å². The first-order chi connectivity index (χ1) is 18.4. The third-order valence-electron chi connectivity index (χ3n) is 6.72. The van der Waals surface area contributed by atoms with Gasteiger partial charge in [0.05, 0.1) is 25.3 Å². The molecule has 0 aliphatic heterocycles. The minimum absolute atomic E-state index is 0.0679. The van der Waals surface area contributed by atoms with Crippen molar-refractivity contribution in [2.75, 3.05) is 12.0 Å². The Kier molecular flexibility index (Phi) is 8.51. The van der Waals surface area contributed by atoms with Crippen LogP contribution in [0.25, 0.3) is 17.2 Å². The van der Waals surface area contributed by atoms with E-state index in [1.165, 1.54) is 13.2 Å². The van der Waals surface area contributed by atoms with E-state index >= 15 is 0 Å². The molecule has 8 nitrogen and oxygen atoms in total. The molecule has 1 aliphatic rings. The fourth-order valence-electron chi connectivity index (χ4n) is 4.63. The molecule has 0 bridgehead atoms. The zero-order valence-electron chi connectivity index (χ0n) is 21.1.